The fraction of sp³-hybridized carbons (Fsp3) is 0.556. The topological polar surface area (TPSA) is 88.3 Å². The summed E-state index contributed by atoms with van der Waals surface area (Å²) in [5.74, 6) is -3.79. The molecule has 176 valence electrons. The van der Waals surface area contributed by atoms with E-state index < -0.39 is 53.5 Å². The highest BCUT2D eigenvalue weighted by Gasteiger charge is 2.50. The molecule has 32 heavy (non-hydrogen) atoms. The predicted octanol–water partition coefficient (Wildman–Crippen LogP) is 3.47. The van der Waals surface area contributed by atoms with Gasteiger partial charge in [-0.05, 0) is 31.7 Å². The molecule has 0 radical (unpaired) electrons. The number of aliphatic hydroxyl groups excluding tert-OH is 1. The highest BCUT2D eigenvalue weighted by atomic mass is 32.1. The SMILES string of the molecule is C[C@H]1CC(c2sc(C(F)(F)F)cc2C(=O)CO)C[C@@H](c2cn(C)nn2)N1C(=O)C(F)(F)F. The smallest absolute Gasteiger partial charge is 0.388 e. The summed E-state index contributed by atoms with van der Waals surface area (Å²) < 4.78 is 80.8. The number of carbonyl (C=O) groups is 2. The van der Waals surface area contributed by atoms with E-state index in [1.165, 1.54) is 24.9 Å². The third-order valence-electron chi connectivity index (χ3n) is 5.24. The molecule has 0 saturated carbocycles. The van der Waals surface area contributed by atoms with E-state index in [-0.39, 0.29) is 29.0 Å². The molecule has 2 aromatic rings. The first-order chi connectivity index (χ1) is 14.7. The number of piperidine rings is 1. The lowest BCUT2D eigenvalue weighted by molar-refractivity contribution is -0.192. The molecule has 0 aliphatic carbocycles. The van der Waals surface area contributed by atoms with Crippen LogP contribution in [0, 0.1) is 0 Å². The molecular formula is C18H18F6N4O3S. The van der Waals surface area contributed by atoms with Crippen molar-refractivity contribution in [2.45, 2.75) is 50.1 Å². The van der Waals surface area contributed by atoms with Gasteiger partial charge >= 0.3 is 18.3 Å². The van der Waals surface area contributed by atoms with Crippen LogP contribution in [-0.4, -0.2) is 55.5 Å². The molecule has 2 aromatic heterocycles. The van der Waals surface area contributed by atoms with Gasteiger partial charge in [-0.15, -0.1) is 16.4 Å². The van der Waals surface area contributed by atoms with Gasteiger partial charge in [-0.3, -0.25) is 14.3 Å². The quantitative estimate of drug-likeness (QED) is 0.531. The maximum Gasteiger partial charge on any atom is 0.471 e. The summed E-state index contributed by atoms with van der Waals surface area (Å²) in [5.41, 5.74) is -0.278. The summed E-state index contributed by atoms with van der Waals surface area (Å²) in [7, 11) is 1.48. The summed E-state index contributed by atoms with van der Waals surface area (Å²) in [6.45, 7) is 0.334. The van der Waals surface area contributed by atoms with Gasteiger partial charge in [-0.2, -0.15) is 26.3 Å². The third kappa shape index (κ3) is 4.65. The van der Waals surface area contributed by atoms with Crippen molar-refractivity contribution < 1.29 is 41.0 Å². The molecule has 1 fully saturated rings. The molecule has 3 rings (SSSR count). The molecular weight excluding hydrogens is 466 g/mol. The first kappa shape index (κ1) is 24.2. The Morgan fingerprint density at radius 3 is 2.38 bits per heavy atom. The number of aryl methyl sites for hydroxylation is 1. The lowest BCUT2D eigenvalue weighted by Crippen LogP contribution is -2.51. The van der Waals surface area contributed by atoms with Crippen LogP contribution in [0.4, 0.5) is 26.3 Å². The molecule has 1 amide bonds. The number of hydrogen-bond donors (Lipinski definition) is 1. The number of rotatable bonds is 4. The molecule has 1 aliphatic rings. The van der Waals surface area contributed by atoms with Gasteiger partial charge in [0.15, 0.2) is 5.78 Å². The molecule has 1 aliphatic heterocycles. The largest absolute Gasteiger partial charge is 0.471 e. The minimum atomic E-state index is -5.16. The van der Waals surface area contributed by atoms with Gasteiger partial charge < -0.3 is 10.0 Å². The van der Waals surface area contributed by atoms with Crippen LogP contribution in [0.5, 0.6) is 0 Å². The average Bonchev–Trinajstić information content (AvgIpc) is 3.32. The van der Waals surface area contributed by atoms with Crippen LogP contribution in [0.25, 0.3) is 0 Å². The van der Waals surface area contributed by atoms with Gasteiger partial charge in [0.05, 0.1) is 12.2 Å². The fourth-order valence-electron chi connectivity index (χ4n) is 3.95. The zero-order chi connectivity index (χ0) is 24.0. The van der Waals surface area contributed by atoms with Crippen LogP contribution in [0.2, 0.25) is 0 Å². The Morgan fingerprint density at radius 1 is 1.22 bits per heavy atom. The average molecular weight is 484 g/mol. The van der Waals surface area contributed by atoms with Crippen molar-refractivity contribution in [1.29, 1.82) is 0 Å². The number of aliphatic hydroxyl groups is 1. The van der Waals surface area contributed by atoms with Crippen LogP contribution in [0.15, 0.2) is 12.3 Å². The Morgan fingerprint density at radius 2 is 1.88 bits per heavy atom. The van der Waals surface area contributed by atoms with Gasteiger partial charge in [-0.1, -0.05) is 5.21 Å². The zero-order valence-electron chi connectivity index (χ0n) is 16.7. The minimum absolute atomic E-state index is 0.0104. The molecule has 1 unspecified atom stereocenters. The number of aromatic nitrogens is 3. The monoisotopic (exact) mass is 484 g/mol. The second kappa shape index (κ2) is 8.46. The van der Waals surface area contributed by atoms with E-state index in [1.54, 1.807) is 0 Å². The number of ketones is 1. The molecule has 0 aromatic carbocycles. The van der Waals surface area contributed by atoms with Crippen molar-refractivity contribution in [2.24, 2.45) is 7.05 Å². The summed E-state index contributed by atoms with van der Waals surface area (Å²) in [4.78, 5) is 23.8. The second-order valence-electron chi connectivity index (χ2n) is 7.53. The lowest BCUT2D eigenvalue weighted by atomic mass is 9.82. The summed E-state index contributed by atoms with van der Waals surface area (Å²) >= 11 is 0.312. The number of Topliss-reactive ketones (excluding diaryl/α,β-unsaturated/α-hetero) is 1. The van der Waals surface area contributed by atoms with E-state index in [0.717, 1.165) is 0 Å². The molecule has 7 nitrogen and oxygen atoms in total. The van der Waals surface area contributed by atoms with Crippen LogP contribution in [-0.2, 0) is 18.0 Å². The van der Waals surface area contributed by atoms with Crippen molar-refractivity contribution in [3.05, 3.63) is 33.3 Å². The van der Waals surface area contributed by atoms with Crippen molar-refractivity contribution in [3.63, 3.8) is 0 Å². The van der Waals surface area contributed by atoms with E-state index in [0.29, 0.717) is 22.3 Å². The third-order valence-corrected chi connectivity index (χ3v) is 6.58. The molecule has 3 heterocycles. The predicted molar refractivity (Wildman–Crippen MR) is 98.8 cm³/mol. The van der Waals surface area contributed by atoms with Crippen LogP contribution < -0.4 is 0 Å². The van der Waals surface area contributed by atoms with E-state index in [1.807, 2.05) is 0 Å². The van der Waals surface area contributed by atoms with Gasteiger partial charge in [0, 0.05) is 23.5 Å². The van der Waals surface area contributed by atoms with Crippen LogP contribution >= 0.6 is 11.3 Å². The Balaban J connectivity index is 2.07. The molecule has 0 bridgehead atoms. The summed E-state index contributed by atoms with van der Waals surface area (Å²) in [6.07, 6.45) is -8.88. The number of amides is 1. The lowest BCUT2D eigenvalue weighted by Gasteiger charge is -2.43. The van der Waals surface area contributed by atoms with Crippen LogP contribution in [0.3, 0.4) is 0 Å². The first-order valence-electron chi connectivity index (χ1n) is 9.34. The number of alkyl halides is 6. The number of thiophene rings is 1. The number of hydrogen-bond acceptors (Lipinski definition) is 6. The molecule has 1 saturated heterocycles. The Bertz CT molecular complexity index is 1020. The zero-order valence-corrected chi connectivity index (χ0v) is 17.6. The Hall–Kier alpha value is -2.48. The van der Waals surface area contributed by atoms with E-state index in [4.69, 9.17) is 0 Å². The normalized spacial score (nSPS) is 22.3. The molecule has 3 atom stereocenters. The highest BCUT2D eigenvalue weighted by Crippen LogP contribution is 2.48. The molecule has 1 N–H and O–H groups in total. The molecule has 14 heteroatoms. The van der Waals surface area contributed by atoms with E-state index in [9.17, 15) is 41.0 Å². The number of carbonyl (C=O) groups excluding carboxylic acids is 2. The van der Waals surface area contributed by atoms with Gasteiger partial charge in [-0.25, -0.2) is 0 Å². The van der Waals surface area contributed by atoms with Crippen molar-refractivity contribution >= 4 is 23.0 Å². The van der Waals surface area contributed by atoms with E-state index in [2.05, 4.69) is 10.3 Å². The van der Waals surface area contributed by atoms with Gasteiger partial charge in [0.25, 0.3) is 0 Å². The Labute approximate surface area is 181 Å². The maximum absolute atomic E-state index is 13.3. The van der Waals surface area contributed by atoms with Crippen molar-refractivity contribution in [1.82, 2.24) is 19.9 Å². The van der Waals surface area contributed by atoms with Crippen LogP contribution in [0.1, 0.15) is 57.5 Å². The summed E-state index contributed by atoms with van der Waals surface area (Å²) in [6, 6.07) is -1.60. The number of nitrogens with zero attached hydrogens (tertiary/aromatic N) is 4. The molecule has 0 spiro atoms. The van der Waals surface area contributed by atoms with E-state index >= 15 is 0 Å². The standard InChI is InChI=1S/C18H18F6N4O3S/c1-8-3-9(15-10(13(30)7-29)5-14(32-15)17(19,20)21)4-12(11-6-27(2)26-25-11)28(8)16(31)18(22,23)24/h5-6,8-9,12,29H,3-4,7H2,1-2H3/t8-,9?,12-/m0/s1. The van der Waals surface area contributed by atoms with Gasteiger partial charge in [0.2, 0.25) is 0 Å². The number of halogens is 6. The fourth-order valence-corrected chi connectivity index (χ4v) is 5.12. The Kier molecular flexibility index (Phi) is 6.39. The summed E-state index contributed by atoms with van der Waals surface area (Å²) in [5, 5.41) is 16.7. The minimum Gasteiger partial charge on any atom is -0.388 e. The number of likely N-dealkylation sites (tertiary alicyclic amines) is 1. The van der Waals surface area contributed by atoms with Crippen molar-refractivity contribution in [3.8, 4) is 0 Å². The highest BCUT2D eigenvalue weighted by molar-refractivity contribution is 7.12. The maximum atomic E-state index is 13.3. The first-order valence-corrected chi connectivity index (χ1v) is 10.2. The van der Waals surface area contributed by atoms with Crippen molar-refractivity contribution in [2.75, 3.05) is 6.61 Å². The van der Waals surface area contributed by atoms with Gasteiger partial charge in [0.1, 0.15) is 17.2 Å². The second-order valence-corrected chi connectivity index (χ2v) is 8.61.